The minimum atomic E-state index is -1.67. The molecule has 0 amide bonds. The van der Waals surface area contributed by atoms with Gasteiger partial charge >= 0.3 is 28.4 Å². The Balaban J connectivity index is -0.000000180. The minimum Gasteiger partial charge on any atom is -1.00 e. The Labute approximate surface area is 64.9 Å². The van der Waals surface area contributed by atoms with E-state index < -0.39 is 9.53 Å². The van der Waals surface area contributed by atoms with Gasteiger partial charge in [-0.3, -0.25) is 0 Å². The summed E-state index contributed by atoms with van der Waals surface area (Å²) in [5.74, 6) is 0. The molecule has 0 saturated carbocycles. The number of rotatable bonds is 3. The molecule has 0 aliphatic carbocycles. The minimum absolute atomic E-state index is 0. The van der Waals surface area contributed by atoms with Crippen molar-refractivity contribution in [1.82, 2.24) is 0 Å². The summed E-state index contributed by atoms with van der Waals surface area (Å²) in [7, 11) is 3.05. The summed E-state index contributed by atoms with van der Waals surface area (Å²) in [4.78, 5) is 0. The van der Waals surface area contributed by atoms with Crippen molar-refractivity contribution in [3.05, 3.63) is 0 Å². The molecule has 0 bridgehead atoms. The number of hydrogen-bond donors (Lipinski definition) is 0. The predicted octanol–water partition coefficient (Wildman–Crippen LogP) is -3.24. The van der Waals surface area contributed by atoms with Crippen molar-refractivity contribution in [3.8, 4) is 0 Å². The second-order valence-electron chi connectivity index (χ2n) is 0.996. The van der Waals surface area contributed by atoms with Crippen molar-refractivity contribution in [1.29, 1.82) is 0 Å². The van der Waals surface area contributed by atoms with Gasteiger partial charge in [0, 0.05) is 21.3 Å². The first-order valence-electron chi connectivity index (χ1n) is 1.93. The van der Waals surface area contributed by atoms with Gasteiger partial charge in [0.2, 0.25) is 0 Å². The predicted molar refractivity (Wildman–Crippen MR) is 29.3 cm³/mol. The van der Waals surface area contributed by atoms with Crippen molar-refractivity contribution < 1.29 is 33.6 Å². The van der Waals surface area contributed by atoms with Gasteiger partial charge in [-0.25, -0.2) is 0 Å². The van der Waals surface area contributed by atoms with Gasteiger partial charge < -0.3 is 14.7 Å². The molecule has 0 aliphatic heterocycles. The van der Waals surface area contributed by atoms with Crippen LogP contribution < -0.4 is 18.9 Å². The Bertz CT molecular complexity index is 40.5. The molecule has 0 aliphatic rings. The molecule has 0 heterocycles. The molecular formula is C3H11LiO3Si. The average molecular weight is 130 g/mol. The SMILES string of the molecule is CO[SiH](OC)OC.[H-].[Li+]. The van der Waals surface area contributed by atoms with E-state index in [1.165, 1.54) is 0 Å². The Morgan fingerprint density at radius 3 is 1.25 bits per heavy atom. The van der Waals surface area contributed by atoms with Gasteiger partial charge in [0.25, 0.3) is 0 Å². The van der Waals surface area contributed by atoms with Crippen LogP contribution >= 0.6 is 0 Å². The Kier molecular flexibility index (Phi) is 11.0. The topological polar surface area (TPSA) is 27.7 Å². The van der Waals surface area contributed by atoms with Gasteiger partial charge in [-0.2, -0.15) is 0 Å². The first kappa shape index (κ1) is 11.5. The maximum atomic E-state index is 4.74. The molecule has 0 fully saturated rings. The van der Waals surface area contributed by atoms with E-state index in [4.69, 9.17) is 13.3 Å². The van der Waals surface area contributed by atoms with E-state index in [0.717, 1.165) is 0 Å². The summed E-state index contributed by atoms with van der Waals surface area (Å²) >= 11 is 0. The third-order valence-electron chi connectivity index (χ3n) is 0.577. The van der Waals surface area contributed by atoms with Gasteiger partial charge in [0.05, 0.1) is 0 Å². The fourth-order valence-corrected chi connectivity index (χ4v) is 0.866. The van der Waals surface area contributed by atoms with Gasteiger partial charge in [-0.05, 0) is 0 Å². The Morgan fingerprint density at radius 1 is 1.00 bits per heavy atom. The van der Waals surface area contributed by atoms with Gasteiger partial charge in [-0.1, -0.05) is 0 Å². The first-order valence-corrected chi connectivity index (χ1v) is 3.35. The van der Waals surface area contributed by atoms with E-state index in [9.17, 15) is 0 Å². The zero-order valence-electron chi connectivity index (χ0n) is 6.80. The molecule has 0 N–H and O–H groups in total. The third kappa shape index (κ3) is 4.84. The molecule has 0 saturated heterocycles. The molecule has 0 rings (SSSR count). The van der Waals surface area contributed by atoms with Crippen LogP contribution in [0.3, 0.4) is 0 Å². The Hall–Kier alpha value is 0.694. The maximum Gasteiger partial charge on any atom is 1.00 e. The molecular weight excluding hydrogens is 119 g/mol. The fraction of sp³-hybridized carbons (Fsp3) is 1.00. The molecule has 3 nitrogen and oxygen atoms in total. The second kappa shape index (κ2) is 7.69. The van der Waals surface area contributed by atoms with E-state index >= 15 is 0 Å². The maximum absolute atomic E-state index is 4.74. The summed E-state index contributed by atoms with van der Waals surface area (Å²) in [5.41, 5.74) is 0. The molecule has 46 valence electrons. The zero-order valence-corrected chi connectivity index (χ0v) is 6.96. The van der Waals surface area contributed by atoms with Crippen molar-refractivity contribution >= 4 is 9.53 Å². The summed E-state index contributed by atoms with van der Waals surface area (Å²) in [6.07, 6.45) is 0. The van der Waals surface area contributed by atoms with Crippen LogP contribution in [0.5, 0.6) is 0 Å². The summed E-state index contributed by atoms with van der Waals surface area (Å²) in [5, 5.41) is 0. The second-order valence-corrected chi connectivity index (χ2v) is 2.99. The molecule has 5 heteroatoms. The van der Waals surface area contributed by atoms with Crippen LogP contribution in [0.1, 0.15) is 1.43 Å². The van der Waals surface area contributed by atoms with E-state index in [-0.39, 0.29) is 20.3 Å². The monoisotopic (exact) mass is 130 g/mol. The van der Waals surface area contributed by atoms with Crippen LogP contribution in [0.4, 0.5) is 0 Å². The largest absolute Gasteiger partial charge is 1.00 e. The van der Waals surface area contributed by atoms with Crippen LogP contribution in [0.25, 0.3) is 0 Å². The Morgan fingerprint density at radius 2 is 1.25 bits per heavy atom. The average Bonchev–Trinajstić information content (AvgIpc) is 1.72. The summed E-state index contributed by atoms with van der Waals surface area (Å²) in [6, 6.07) is 0. The van der Waals surface area contributed by atoms with Gasteiger partial charge in [-0.15, -0.1) is 0 Å². The fourth-order valence-electron chi connectivity index (χ4n) is 0.289. The molecule has 0 spiro atoms. The molecule has 0 unspecified atom stereocenters. The normalized spacial score (nSPS) is 9.00. The van der Waals surface area contributed by atoms with E-state index in [1.807, 2.05) is 0 Å². The van der Waals surface area contributed by atoms with Crippen LogP contribution in [-0.4, -0.2) is 30.9 Å². The zero-order chi connectivity index (χ0) is 5.70. The first-order chi connectivity index (χ1) is 3.35. The molecule has 0 aromatic carbocycles. The van der Waals surface area contributed by atoms with Crippen molar-refractivity contribution in [3.63, 3.8) is 0 Å². The molecule has 0 atom stereocenters. The van der Waals surface area contributed by atoms with Crippen LogP contribution in [0, 0.1) is 0 Å². The standard InChI is InChI=1S/C3H10O3Si.Li.H/c1-4-7(5-2)6-3;;/h7H,1-3H3;;/q;+1;-1. The summed E-state index contributed by atoms with van der Waals surface area (Å²) < 4.78 is 14.2. The quantitative estimate of drug-likeness (QED) is 0.376. The molecule has 0 aromatic rings. The van der Waals surface area contributed by atoms with Gasteiger partial charge in [0.15, 0.2) is 0 Å². The van der Waals surface area contributed by atoms with E-state index in [2.05, 4.69) is 0 Å². The van der Waals surface area contributed by atoms with Crippen LogP contribution in [0.15, 0.2) is 0 Å². The molecule has 8 heavy (non-hydrogen) atoms. The summed E-state index contributed by atoms with van der Waals surface area (Å²) in [6.45, 7) is 0. The number of hydrogen-bond acceptors (Lipinski definition) is 3. The van der Waals surface area contributed by atoms with Crippen LogP contribution in [0.2, 0.25) is 0 Å². The van der Waals surface area contributed by atoms with E-state index in [1.54, 1.807) is 21.3 Å². The molecule has 0 radical (unpaired) electrons. The smallest absolute Gasteiger partial charge is 1.00 e. The third-order valence-corrected chi connectivity index (χ3v) is 1.73. The van der Waals surface area contributed by atoms with Crippen molar-refractivity contribution in [2.75, 3.05) is 21.3 Å². The van der Waals surface area contributed by atoms with E-state index in [0.29, 0.717) is 0 Å². The van der Waals surface area contributed by atoms with Crippen molar-refractivity contribution in [2.24, 2.45) is 0 Å². The van der Waals surface area contributed by atoms with Gasteiger partial charge in [0.1, 0.15) is 0 Å². The van der Waals surface area contributed by atoms with Crippen molar-refractivity contribution in [2.45, 2.75) is 0 Å². The van der Waals surface area contributed by atoms with Crippen LogP contribution in [-0.2, 0) is 13.3 Å². The molecule has 0 aromatic heterocycles.